The summed E-state index contributed by atoms with van der Waals surface area (Å²) in [5, 5.41) is 0. The number of piperidine rings is 1. The van der Waals surface area contributed by atoms with Gasteiger partial charge in [-0.1, -0.05) is 20.8 Å². The highest BCUT2D eigenvalue weighted by Gasteiger charge is 2.22. The van der Waals surface area contributed by atoms with Crippen LogP contribution in [0.3, 0.4) is 0 Å². The van der Waals surface area contributed by atoms with E-state index >= 15 is 0 Å². The molecule has 0 aliphatic carbocycles. The summed E-state index contributed by atoms with van der Waals surface area (Å²) in [6, 6.07) is 2.00. The van der Waals surface area contributed by atoms with Crippen LogP contribution in [0.2, 0.25) is 0 Å². The minimum atomic E-state index is 0.806. The van der Waals surface area contributed by atoms with E-state index in [1.54, 1.807) is 0 Å². The molecule has 1 aromatic heterocycles. The van der Waals surface area contributed by atoms with Crippen molar-refractivity contribution in [2.45, 2.75) is 40.0 Å². The third kappa shape index (κ3) is 2.96. The molecule has 94 valence electrons. The fourth-order valence-corrected chi connectivity index (χ4v) is 2.50. The zero-order valence-electron chi connectivity index (χ0n) is 11.2. The molecule has 17 heavy (non-hydrogen) atoms. The van der Waals surface area contributed by atoms with Crippen molar-refractivity contribution in [3.63, 3.8) is 0 Å². The van der Waals surface area contributed by atoms with Crippen LogP contribution in [0, 0.1) is 11.8 Å². The van der Waals surface area contributed by atoms with Crippen LogP contribution in [0.1, 0.15) is 39.3 Å². The van der Waals surface area contributed by atoms with Crippen LogP contribution >= 0.6 is 0 Å². The molecule has 1 fully saturated rings. The molecule has 0 radical (unpaired) electrons. The standard InChI is InChI=1S/C14H23N3/c1-4-13-5-8-15-14(16-13)17-9-6-12(7-10-17)11(2)3/h5,8,11-12H,4,6-7,9-10H2,1-3H3. The summed E-state index contributed by atoms with van der Waals surface area (Å²) in [6.07, 6.45) is 5.42. The van der Waals surface area contributed by atoms with Gasteiger partial charge in [0.25, 0.3) is 0 Å². The Balaban J connectivity index is 2.00. The highest BCUT2D eigenvalue weighted by atomic mass is 15.2. The van der Waals surface area contributed by atoms with E-state index in [1.165, 1.54) is 12.8 Å². The van der Waals surface area contributed by atoms with Gasteiger partial charge in [0.1, 0.15) is 0 Å². The molecule has 2 rings (SSSR count). The van der Waals surface area contributed by atoms with Crippen LogP contribution in [0.4, 0.5) is 5.95 Å². The zero-order chi connectivity index (χ0) is 12.3. The Hall–Kier alpha value is -1.12. The number of hydrogen-bond donors (Lipinski definition) is 0. The molecule has 0 spiro atoms. The van der Waals surface area contributed by atoms with Crippen LogP contribution in [-0.2, 0) is 6.42 Å². The summed E-state index contributed by atoms with van der Waals surface area (Å²) in [7, 11) is 0. The lowest BCUT2D eigenvalue weighted by Gasteiger charge is -2.33. The molecular weight excluding hydrogens is 210 g/mol. The third-order valence-electron chi connectivity index (χ3n) is 3.83. The number of nitrogens with zero attached hydrogens (tertiary/aromatic N) is 3. The molecule has 0 aromatic carbocycles. The molecule has 1 aliphatic rings. The van der Waals surface area contributed by atoms with E-state index in [0.717, 1.165) is 43.0 Å². The van der Waals surface area contributed by atoms with E-state index in [4.69, 9.17) is 0 Å². The van der Waals surface area contributed by atoms with E-state index in [0.29, 0.717) is 0 Å². The average Bonchev–Trinajstić information content (AvgIpc) is 2.39. The molecule has 3 heteroatoms. The van der Waals surface area contributed by atoms with E-state index in [2.05, 4.69) is 35.6 Å². The molecule has 0 N–H and O–H groups in total. The van der Waals surface area contributed by atoms with Crippen molar-refractivity contribution < 1.29 is 0 Å². The Morgan fingerprint density at radius 1 is 1.35 bits per heavy atom. The Morgan fingerprint density at radius 2 is 2.06 bits per heavy atom. The van der Waals surface area contributed by atoms with Crippen LogP contribution in [0.5, 0.6) is 0 Å². The van der Waals surface area contributed by atoms with Crippen LogP contribution < -0.4 is 4.90 Å². The van der Waals surface area contributed by atoms with Crippen LogP contribution in [0.15, 0.2) is 12.3 Å². The van der Waals surface area contributed by atoms with Crippen molar-refractivity contribution in [1.29, 1.82) is 0 Å². The molecule has 2 heterocycles. The second-order valence-electron chi connectivity index (χ2n) is 5.27. The SMILES string of the molecule is CCc1ccnc(N2CCC(C(C)C)CC2)n1. The number of rotatable bonds is 3. The van der Waals surface area contributed by atoms with E-state index in [9.17, 15) is 0 Å². The first kappa shape index (κ1) is 12.3. The summed E-state index contributed by atoms with van der Waals surface area (Å²) < 4.78 is 0. The van der Waals surface area contributed by atoms with Gasteiger partial charge in [-0.15, -0.1) is 0 Å². The minimum absolute atomic E-state index is 0.806. The lowest BCUT2D eigenvalue weighted by atomic mass is 9.87. The van der Waals surface area contributed by atoms with Gasteiger partial charge in [-0.25, -0.2) is 9.97 Å². The topological polar surface area (TPSA) is 29.0 Å². The second kappa shape index (κ2) is 5.48. The average molecular weight is 233 g/mol. The highest BCUT2D eigenvalue weighted by molar-refractivity contribution is 5.30. The summed E-state index contributed by atoms with van der Waals surface area (Å²) >= 11 is 0. The van der Waals surface area contributed by atoms with Crippen molar-refractivity contribution in [2.24, 2.45) is 11.8 Å². The summed E-state index contributed by atoms with van der Waals surface area (Å²) in [5.74, 6) is 2.60. The molecule has 0 atom stereocenters. The van der Waals surface area contributed by atoms with Gasteiger partial charge in [-0.2, -0.15) is 0 Å². The Labute approximate surface area is 104 Å². The van der Waals surface area contributed by atoms with E-state index in [1.807, 2.05) is 12.3 Å². The summed E-state index contributed by atoms with van der Waals surface area (Å²) in [6.45, 7) is 9.01. The molecule has 1 aliphatic heterocycles. The Morgan fingerprint density at radius 3 is 2.65 bits per heavy atom. The van der Waals surface area contributed by atoms with Gasteiger partial charge in [-0.3, -0.25) is 0 Å². The molecule has 0 unspecified atom stereocenters. The largest absolute Gasteiger partial charge is 0.341 e. The van der Waals surface area contributed by atoms with Crippen LogP contribution in [-0.4, -0.2) is 23.1 Å². The predicted octanol–water partition coefficient (Wildman–Crippen LogP) is 2.91. The normalized spacial score (nSPS) is 17.8. The van der Waals surface area contributed by atoms with Crippen molar-refractivity contribution in [3.05, 3.63) is 18.0 Å². The van der Waals surface area contributed by atoms with Gasteiger partial charge in [0.05, 0.1) is 0 Å². The molecule has 1 saturated heterocycles. The van der Waals surface area contributed by atoms with Gasteiger partial charge in [0.2, 0.25) is 5.95 Å². The first-order valence-electron chi connectivity index (χ1n) is 6.77. The van der Waals surface area contributed by atoms with Gasteiger partial charge < -0.3 is 4.90 Å². The smallest absolute Gasteiger partial charge is 0.225 e. The minimum Gasteiger partial charge on any atom is -0.341 e. The molecular formula is C14H23N3. The first-order chi connectivity index (χ1) is 8.20. The maximum absolute atomic E-state index is 4.60. The quantitative estimate of drug-likeness (QED) is 0.804. The van der Waals surface area contributed by atoms with E-state index in [-0.39, 0.29) is 0 Å². The number of aromatic nitrogens is 2. The number of anilines is 1. The fourth-order valence-electron chi connectivity index (χ4n) is 2.50. The number of aryl methyl sites for hydroxylation is 1. The molecule has 1 aromatic rings. The van der Waals surface area contributed by atoms with Crippen molar-refractivity contribution in [1.82, 2.24) is 9.97 Å². The summed E-state index contributed by atoms with van der Waals surface area (Å²) in [4.78, 5) is 11.3. The maximum Gasteiger partial charge on any atom is 0.225 e. The van der Waals surface area contributed by atoms with E-state index < -0.39 is 0 Å². The van der Waals surface area contributed by atoms with Crippen molar-refractivity contribution >= 4 is 5.95 Å². The van der Waals surface area contributed by atoms with Crippen LogP contribution in [0.25, 0.3) is 0 Å². The summed E-state index contributed by atoms with van der Waals surface area (Å²) in [5.41, 5.74) is 1.14. The van der Waals surface area contributed by atoms with Crippen molar-refractivity contribution in [3.8, 4) is 0 Å². The maximum atomic E-state index is 4.60. The lowest BCUT2D eigenvalue weighted by molar-refractivity contribution is 0.310. The Bertz CT molecular complexity index is 354. The molecule has 0 saturated carbocycles. The predicted molar refractivity (Wildman–Crippen MR) is 71.2 cm³/mol. The van der Waals surface area contributed by atoms with Gasteiger partial charge >= 0.3 is 0 Å². The number of hydrogen-bond acceptors (Lipinski definition) is 3. The van der Waals surface area contributed by atoms with Gasteiger partial charge in [-0.05, 0) is 37.2 Å². The van der Waals surface area contributed by atoms with Crippen molar-refractivity contribution in [2.75, 3.05) is 18.0 Å². The lowest BCUT2D eigenvalue weighted by Crippen LogP contribution is -2.36. The zero-order valence-corrected chi connectivity index (χ0v) is 11.2. The monoisotopic (exact) mass is 233 g/mol. The third-order valence-corrected chi connectivity index (χ3v) is 3.83. The molecule has 3 nitrogen and oxygen atoms in total. The first-order valence-corrected chi connectivity index (χ1v) is 6.77. The van der Waals surface area contributed by atoms with Gasteiger partial charge in [0.15, 0.2) is 0 Å². The fraction of sp³-hybridized carbons (Fsp3) is 0.714. The Kier molecular flexibility index (Phi) is 3.97. The molecule has 0 amide bonds. The second-order valence-corrected chi connectivity index (χ2v) is 5.27. The molecule has 0 bridgehead atoms. The van der Waals surface area contributed by atoms with Gasteiger partial charge in [0, 0.05) is 25.0 Å². The highest BCUT2D eigenvalue weighted by Crippen LogP contribution is 2.26.